The molecule has 1 aromatic carbocycles. The molecule has 0 saturated heterocycles. The summed E-state index contributed by atoms with van der Waals surface area (Å²) in [6.07, 6.45) is 1.59. The zero-order valence-corrected chi connectivity index (χ0v) is 20.8. The van der Waals surface area contributed by atoms with Crippen LogP contribution in [0.3, 0.4) is 0 Å². The normalized spacial score (nSPS) is 14.8. The highest BCUT2D eigenvalue weighted by molar-refractivity contribution is 5.99. The van der Waals surface area contributed by atoms with Gasteiger partial charge in [-0.15, -0.1) is 10.2 Å². The second kappa shape index (κ2) is 9.82. The highest BCUT2D eigenvalue weighted by atomic mass is 16.5. The van der Waals surface area contributed by atoms with E-state index in [-0.39, 0.29) is 11.4 Å². The van der Waals surface area contributed by atoms with E-state index in [1.807, 2.05) is 43.6 Å². The molecule has 5 rings (SSSR count). The van der Waals surface area contributed by atoms with Gasteiger partial charge in [-0.1, -0.05) is 6.07 Å². The van der Waals surface area contributed by atoms with Gasteiger partial charge in [0.1, 0.15) is 12.1 Å². The van der Waals surface area contributed by atoms with E-state index < -0.39 is 12.9 Å². The van der Waals surface area contributed by atoms with Crippen molar-refractivity contribution in [3.05, 3.63) is 59.2 Å². The van der Waals surface area contributed by atoms with Crippen LogP contribution in [0.5, 0.6) is 5.75 Å². The minimum Gasteiger partial charge on any atom is -0.494 e. The number of aromatic nitrogens is 6. The molecule has 0 spiro atoms. The number of nitrogens with zero attached hydrogens (tertiary/aromatic N) is 7. The van der Waals surface area contributed by atoms with Gasteiger partial charge in [-0.05, 0) is 43.3 Å². The van der Waals surface area contributed by atoms with Gasteiger partial charge in [-0.25, -0.2) is 9.97 Å². The van der Waals surface area contributed by atoms with Crippen molar-refractivity contribution < 1.29 is 13.6 Å². The Hall–Kier alpha value is -4.58. The molecule has 0 radical (unpaired) electrons. The number of methoxy groups -OCH3 is 1. The van der Waals surface area contributed by atoms with Crippen molar-refractivity contribution in [2.75, 3.05) is 31.8 Å². The lowest BCUT2D eigenvalue weighted by Crippen LogP contribution is -2.22. The average Bonchev–Trinajstić information content (AvgIpc) is 3.30. The van der Waals surface area contributed by atoms with Crippen LogP contribution in [0.2, 0.25) is 0 Å². The molecule has 0 unspecified atom stereocenters. The SMILES string of the molecule is [2H]C([2H])([2H])NC(=O)c1nnc2cc1Nc1cc(cc(-c3ncn(C)n3)c1OC)CN(C)Cc1nc(ccc1C)N2. The fourth-order valence-corrected chi connectivity index (χ4v) is 4.20. The van der Waals surface area contributed by atoms with Crippen molar-refractivity contribution >= 4 is 28.9 Å². The number of ether oxygens (including phenoxy) is 1. The van der Waals surface area contributed by atoms with Crippen molar-refractivity contribution in [1.82, 2.24) is 40.2 Å². The van der Waals surface area contributed by atoms with Gasteiger partial charge in [-0.3, -0.25) is 14.4 Å². The summed E-state index contributed by atoms with van der Waals surface area (Å²) in [6.45, 7) is 0.410. The first-order valence-corrected chi connectivity index (χ1v) is 11.5. The minimum atomic E-state index is -2.72. The summed E-state index contributed by atoms with van der Waals surface area (Å²) in [7, 11) is 5.29. The van der Waals surface area contributed by atoms with Gasteiger partial charge in [0, 0.05) is 37.3 Å². The summed E-state index contributed by atoms with van der Waals surface area (Å²) in [5, 5.41) is 21.0. The van der Waals surface area contributed by atoms with Gasteiger partial charge >= 0.3 is 0 Å². The first kappa shape index (κ1) is 20.6. The van der Waals surface area contributed by atoms with E-state index in [0.717, 1.165) is 16.8 Å². The lowest BCUT2D eigenvalue weighted by Gasteiger charge is -2.22. The third-order valence-electron chi connectivity index (χ3n) is 5.92. The average molecular weight is 504 g/mol. The number of aryl methyl sites for hydroxylation is 2. The maximum absolute atomic E-state index is 12.9. The van der Waals surface area contributed by atoms with E-state index in [9.17, 15) is 4.79 Å². The molecule has 1 aliphatic rings. The van der Waals surface area contributed by atoms with Crippen LogP contribution in [0.15, 0.2) is 36.7 Å². The topological polar surface area (TPSA) is 135 Å². The van der Waals surface area contributed by atoms with Crippen LogP contribution in [-0.4, -0.2) is 61.9 Å². The molecule has 4 heterocycles. The van der Waals surface area contributed by atoms with Crippen molar-refractivity contribution in [2.45, 2.75) is 20.0 Å². The molecule has 0 aliphatic carbocycles. The number of anilines is 4. The molecule has 37 heavy (non-hydrogen) atoms. The summed E-state index contributed by atoms with van der Waals surface area (Å²) in [6, 6.07) is 9.20. The van der Waals surface area contributed by atoms with E-state index in [4.69, 9.17) is 13.8 Å². The number of hydrogen-bond acceptors (Lipinski definition) is 10. The molecule has 6 bridgehead atoms. The predicted molar refractivity (Wildman–Crippen MR) is 139 cm³/mol. The third kappa shape index (κ3) is 4.91. The van der Waals surface area contributed by atoms with Crippen LogP contribution < -0.4 is 20.7 Å². The number of hydrogen-bond donors (Lipinski definition) is 3. The molecule has 190 valence electrons. The molecule has 0 fully saturated rings. The summed E-state index contributed by atoms with van der Waals surface area (Å²) in [5.74, 6) is 0.808. The quantitative estimate of drug-likeness (QED) is 0.383. The van der Waals surface area contributed by atoms with Crippen molar-refractivity contribution in [3.8, 4) is 17.1 Å². The maximum atomic E-state index is 12.9. The Labute approximate surface area is 218 Å². The zero-order chi connectivity index (χ0) is 28.6. The number of nitrogens with one attached hydrogen (secondary N) is 3. The van der Waals surface area contributed by atoms with E-state index in [1.165, 1.54) is 7.11 Å². The van der Waals surface area contributed by atoms with Gasteiger partial charge in [-0.2, -0.15) is 5.10 Å². The van der Waals surface area contributed by atoms with E-state index in [2.05, 4.69) is 35.8 Å². The summed E-state index contributed by atoms with van der Waals surface area (Å²) in [5.41, 5.74) is 3.94. The Morgan fingerprint density at radius 3 is 2.73 bits per heavy atom. The fourth-order valence-electron chi connectivity index (χ4n) is 4.20. The summed E-state index contributed by atoms with van der Waals surface area (Å²) < 4.78 is 29.8. The molecule has 3 aromatic heterocycles. The number of amides is 1. The number of rotatable bonds is 3. The highest BCUT2D eigenvalue weighted by Crippen LogP contribution is 2.39. The van der Waals surface area contributed by atoms with Gasteiger partial charge in [0.05, 0.1) is 29.7 Å². The van der Waals surface area contributed by atoms with E-state index in [1.54, 1.807) is 24.1 Å². The van der Waals surface area contributed by atoms with Gasteiger partial charge in [0.2, 0.25) is 0 Å². The molecule has 3 N–H and O–H groups in total. The van der Waals surface area contributed by atoms with Crippen molar-refractivity contribution in [2.24, 2.45) is 7.05 Å². The number of carbonyl (C=O) groups excluding carboxylic acids is 1. The molecular formula is C25H28N10O2. The monoisotopic (exact) mass is 503 g/mol. The number of pyridine rings is 1. The molecule has 12 heteroatoms. The van der Waals surface area contributed by atoms with Crippen LogP contribution in [0, 0.1) is 6.92 Å². The van der Waals surface area contributed by atoms with Crippen molar-refractivity contribution in [3.63, 3.8) is 0 Å². The van der Waals surface area contributed by atoms with Gasteiger partial charge in [0.15, 0.2) is 23.1 Å². The third-order valence-corrected chi connectivity index (χ3v) is 5.92. The zero-order valence-electron chi connectivity index (χ0n) is 23.8. The van der Waals surface area contributed by atoms with Crippen LogP contribution >= 0.6 is 0 Å². The highest BCUT2D eigenvalue weighted by Gasteiger charge is 2.21. The Morgan fingerprint density at radius 1 is 1.11 bits per heavy atom. The van der Waals surface area contributed by atoms with E-state index >= 15 is 0 Å². The van der Waals surface area contributed by atoms with Crippen LogP contribution in [0.4, 0.5) is 23.0 Å². The van der Waals surface area contributed by atoms with Crippen LogP contribution in [0.25, 0.3) is 11.4 Å². The molecule has 0 atom stereocenters. The molecule has 1 amide bonds. The Balaban J connectivity index is 1.71. The number of fused-ring (bicyclic) bond motifs is 6. The lowest BCUT2D eigenvalue weighted by atomic mass is 10.1. The van der Waals surface area contributed by atoms with Crippen LogP contribution in [0.1, 0.15) is 31.4 Å². The fraction of sp³-hybridized carbons (Fsp3) is 0.280. The summed E-state index contributed by atoms with van der Waals surface area (Å²) in [4.78, 5) is 24.2. The van der Waals surface area contributed by atoms with Crippen molar-refractivity contribution in [1.29, 1.82) is 0 Å². The second-order valence-electron chi connectivity index (χ2n) is 8.79. The minimum absolute atomic E-state index is 0.201. The number of benzene rings is 1. The van der Waals surface area contributed by atoms with Gasteiger partial charge < -0.3 is 20.7 Å². The van der Waals surface area contributed by atoms with Gasteiger partial charge in [0.25, 0.3) is 5.91 Å². The second-order valence-corrected chi connectivity index (χ2v) is 8.79. The molecular weight excluding hydrogens is 472 g/mol. The predicted octanol–water partition coefficient (Wildman–Crippen LogP) is 2.78. The van der Waals surface area contributed by atoms with E-state index in [0.29, 0.717) is 47.5 Å². The smallest absolute Gasteiger partial charge is 0.273 e. The first-order chi connectivity index (χ1) is 19.0. The number of carbonyl (C=O) groups is 1. The van der Waals surface area contributed by atoms with Crippen LogP contribution in [-0.2, 0) is 20.1 Å². The largest absolute Gasteiger partial charge is 0.494 e. The Bertz CT molecular complexity index is 1590. The Kier molecular flexibility index (Phi) is 5.47. The molecule has 4 aromatic rings. The molecule has 1 aliphatic heterocycles. The Morgan fingerprint density at radius 2 is 1.97 bits per heavy atom. The molecule has 0 saturated carbocycles. The standard InChI is InChI=1S/C25H28N10O2/c1-14-6-7-20-29-19(14)12-34(3)11-15-8-16(24-27-13-35(4)33-24)23(37-5)18(9-15)28-17-10-21(30-20)31-32-22(17)25(36)26-2/h6-10,13,28H,11-12H2,1-5H3,(H,26,36)(H,29,30,31)/i2D3. The summed E-state index contributed by atoms with van der Waals surface area (Å²) >= 11 is 0. The first-order valence-electron chi connectivity index (χ1n) is 13.0. The lowest BCUT2D eigenvalue weighted by molar-refractivity contribution is 0.0958. The molecule has 12 nitrogen and oxygen atoms in total. The maximum Gasteiger partial charge on any atom is 0.273 e.